The molecule has 1 unspecified atom stereocenters. The van der Waals surface area contributed by atoms with Crippen LogP contribution in [0.5, 0.6) is 0 Å². The molecule has 0 aliphatic rings. The SMILES string of the molecule is CCC[Si](C)(C)OC(C)Cl. The molecule has 0 aromatic rings. The van der Waals surface area contributed by atoms with E-state index in [-0.39, 0.29) is 5.56 Å². The molecule has 62 valence electrons. The highest BCUT2D eigenvalue weighted by Crippen LogP contribution is 2.16. The molecule has 0 radical (unpaired) electrons. The van der Waals surface area contributed by atoms with Crippen molar-refractivity contribution in [3.05, 3.63) is 0 Å². The van der Waals surface area contributed by atoms with Crippen LogP contribution in [0.1, 0.15) is 20.3 Å². The van der Waals surface area contributed by atoms with Gasteiger partial charge in [-0.25, -0.2) is 0 Å². The van der Waals surface area contributed by atoms with Gasteiger partial charge in [-0.05, 0) is 26.1 Å². The quantitative estimate of drug-likeness (QED) is 0.477. The minimum atomic E-state index is -1.40. The van der Waals surface area contributed by atoms with Gasteiger partial charge in [0.2, 0.25) is 0 Å². The van der Waals surface area contributed by atoms with E-state index in [0.717, 1.165) is 0 Å². The van der Waals surface area contributed by atoms with Gasteiger partial charge in [0, 0.05) is 0 Å². The summed E-state index contributed by atoms with van der Waals surface area (Å²) in [4.78, 5) is 0. The number of rotatable bonds is 4. The zero-order chi connectivity index (χ0) is 8.20. The van der Waals surface area contributed by atoms with Crippen LogP contribution in [0.2, 0.25) is 19.1 Å². The van der Waals surface area contributed by atoms with E-state index in [1.807, 2.05) is 6.92 Å². The minimum Gasteiger partial charge on any atom is -0.402 e. The molecule has 1 nitrogen and oxygen atoms in total. The van der Waals surface area contributed by atoms with E-state index >= 15 is 0 Å². The second kappa shape index (κ2) is 4.37. The highest BCUT2D eigenvalue weighted by atomic mass is 35.5. The van der Waals surface area contributed by atoms with Gasteiger partial charge in [0.25, 0.3) is 0 Å². The van der Waals surface area contributed by atoms with Gasteiger partial charge < -0.3 is 4.43 Å². The van der Waals surface area contributed by atoms with Gasteiger partial charge in [0.15, 0.2) is 8.32 Å². The van der Waals surface area contributed by atoms with E-state index in [1.54, 1.807) is 0 Å². The summed E-state index contributed by atoms with van der Waals surface area (Å²) in [5.74, 6) is 0. The maximum absolute atomic E-state index is 5.71. The average Bonchev–Trinajstić information content (AvgIpc) is 1.59. The minimum absolute atomic E-state index is 0.117. The molecule has 0 bridgehead atoms. The Hall–Kier alpha value is 0.467. The van der Waals surface area contributed by atoms with Crippen LogP contribution in [0.3, 0.4) is 0 Å². The smallest absolute Gasteiger partial charge is 0.188 e. The third kappa shape index (κ3) is 5.27. The van der Waals surface area contributed by atoms with Crippen LogP contribution >= 0.6 is 11.6 Å². The Morgan fingerprint density at radius 3 is 2.30 bits per heavy atom. The summed E-state index contributed by atoms with van der Waals surface area (Å²) in [6.45, 7) is 8.47. The zero-order valence-corrected chi connectivity index (χ0v) is 9.03. The molecule has 0 aromatic carbocycles. The molecule has 0 saturated heterocycles. The molecular weight excluding hydrogens is 164 g/mol. The van der Waals surface area contributed by atoms with Gasteiger partial charge in [-0.15, -0.1) is 0 Å². The third-order valence-corrected chi connectivity index (χ3v) is 4.27. The Kier molecular flexibility index (Phi) is 4.57. The summed E-state index contributed by atoms with van der Waals surface area (Å²) in [7, 11) is -1.40. The molecule has 0 heterocycles. The summed E-state index contributed by atoms with van der Waals surface area (Å²) in [6.07, 6.45) is 1.20. The van der Waals surface area contributed by atoms with Crippen molar-refractivity contribution in [1.82, 2.24) is 0 Å². The number of alkyl halides is 1. The molecule has 3 heteroatoms. The molecule has 0 rings (SSSR count). The predicted molar refractivity (Wildman–Crippen MR) is 49.0 cm³/mol. The van der Waals surface area contributed by atoms with E-state index in [9.17, 15) is 0 Å². The molecule has 0 spiro atoms. The van der Waals surface area contributed by atoms with Crippen LogP contribution in [-0.4, -0.2) is 13.9 Å². The van der Waals surface area contributed by atoms with Gasteiger partial charge in [-0.3, -0.25) is 0 Å². The fourth-order valence-electron chi connectivity index (χ4n) is 1.10. The van der Waals surface area contributed by atoms with E-state index in [4.69, 9.17) is 16.0 Å². The van der Waals surface area contributed by atoms with Crippen LogP contribution < -0.4 is 0 Å². The lowest BCUT2D eigenvalue weighted by atomic mass is 10.6. The lowest BCUT2D eigenvalue weighted by molar-refractivity contribution is 0.289. The van der Waals surface area contributed by atoms with Crippen LogP contribution in [0.4, 0.5) is 0 Å². The van der Waals surface area contributed by atoms with Crippen molar-refractivity contribution in [3.63, 3.8) is 0 Å². The van der Waals surface area contributed by atoms with Crippen LogP contribution in [0.25, 0.3) is 0 Å². The number of halogens is 1. The van der Waals surface area contributed by atoms with Gasteiger partial charge in [0.05, 0.1) is 0 Å². The molecular formula is C7H17ClOSi. The molecule has 1 atom stereocenters. The third-order valence-electron chi connectivity index (χ3n) is 1.33. The number of hydrogen-bond donors (Lipinski definition) is 0. The lowest BCUT2D eigenvalue weighted by Crippen LogP contribution is -2.32. The first-order chi connectivity index (χ1) is 4.48. The Bertz CT molecular complexity index is 93.6. The van der Waals surface area contributed by atoms with Crippen molar-refractivity contribution in [2.75, 3.05) is 0 Å². The van der Waals surface area contributed by atoms with Crippen molar-refractivity contribution in [2.24, 2.45) is 0 Å². The molecule has 0 aliphatic carbocycles. The van der Waals surface area contributed by atoms with Gasteiger partial charge in [-0.1, -0.05) is 24.9 Å². The second-order valence-electron chi connectivity index (χ2n) is 3.17. The van der Waals surface area contributed by atoms with Crippen molar-refractivity contribution in [1.29, 1.82) is 0 Å². The monoisotopic (exact) mass is 180 g/mol. The Morgan fingerprint density at radius 1 is 1.50 bits per heavy atom. The summed E-state index contributed by atoms with van der Waals surface area (Å²) >= 11 is 5.71. The normalized spacial score (nSPS) is 15.3. The molecule has 0 fully saturated rings. The molecule has 0 amide bonds. The Morgan fingerprint density at radius 2 is 2.00 bits per heavy atom. The van der Waals surface area contributed by atoms with E-state index < -0.39 is 8.32 Å². The molecule has 0 aromatic heterocycles. The molecule has 0 saturated carbocycles. The van der Waals surface area contributed by atoms with Gasteiger partial charge >= 0.3 is 0 Å². The first-order valence-corrected chi connectivity index (χ1v) is 7.35. The van der Waals surface area contributed by atoms with Crippen molar-refractivity contribution in [3.8, 4) is 0 Å². The van der Waals surface area contributed by atoms with Crippen molar-refractivity contribution >= 4 is 19.9 Å². The summed E-state index contributed by atoms with van der Waals surface area (Å²) in [5.41, 5.74) is -0.117. The summed E-state index contributed by atoms with van der Waals surface area (Å²) in [6, 6.07) is 1.20. The maximum atomic E-state index is 5.71. The number of hydrogen-bond acceptors (Lipinski definition) is 1. The Labute approximate surface area is 69.9 Å². The molecule has 0 aliphatic heterocycles. The lowest BCUT2D eigenvalue weighted by Gasteiger charge is -2.23. The fourth-order valence-corrected chi connectivity index (χ4v) is 4.03. The topological polar surface area (TPSA) is 9.23 Å². The highest BCUT2D eigenvalue weighted by Gasteiger charge is 2.22. The standard InChI is InChI=1S/C7H17ClOSi/c1-5-6-10(3,4)9-7(2)8/h7H,5-6H2,1-4H3. The van der Waals surface area contributed by atoms with E-state index in [2.05, 4.69) is 20.0 Å². The predicted octanol–water partition coefficient (Wildman–Crippen LogP) is 3.20. The fraction of sp³-hybridized carbons (Fsp3) is 1.00. The van der Waals surface area contributed by atoms with Gasteiger partial charge in [0.1, 0.15) is 5.56 Å². The van der Waals surface area contributed by atoms with E-state index in [1.165, 1.54) is 12.5 Å². The first kappa shape index (κ1) is 10.5. The largest absolute Gasteiger partial charge is 0.402 e. The van der Waals surface area contributed by atoms with Gasteiger partial charge in [-0.2, -0.15) is 0 Å². The van der Waals surface area contributed by atoms with Crippen molar-refractivity contribution < 1.29 is 4.43 Å². The second-order valence-corrected chi connectivity index (χ2v) is 8.04. The molecule has 0 N–H and O–H groups in total. The first-order valence-electron chi connectivity index (χ1n) is 3.80. The summed E-state index contributed by atoms with van der Waals surface area (Å²) in [5, 5.41) is 0. The maximum Gasteiger partial charge on any atom is 0.188 e. The average molecular weight is 181 g/mol. The van der Waals surface area contributed by atoms with E-state index in [0.29, 0.717) is 0 Å². The Balaban J connectivity index is 3.63. The van der Waals surface area contributed by atoms with Crippen LogP contribution in [0.15, 0.2) is 0 Å². The van der Waals surface area contributed by atoms with Crippen LogP contribution in [0, 0.1) is 0 Å². The van der Waals surface area contributed by atoms with Crippen LogP contribution in [-0.2, 0) is 4.43 Å². The summed E-state index contributed by atoms with van der Waals surface area (Å²) < 4.78 is 5.58. The highest BCUT2D eigenvalue weighted by molar-refractivity contribution is 6.71. The van der Waals surface area contributed by atoms with Crippen molar-refractivity contribution in [2.45, 2.75) is 45.0 Å². The molecule has 10 heavy (non-hydrogen) atoms. The zero-order valence-electron chi connectivity index (χ0n) is 7.28.